The van der Waals surface area contributed by atoms with Gasteiger partial charge in [-0.2, -0.15) is 0 Å². The van der Waals surface area contributed by atoms with Gasteiger partial charge in [0, 0.05) is 6.04 Å². The number of rotatable bonds is 3. The van der Waals surface area contributed by atoms with Crippen LogP contribution in [0.4, 0.5) is 5.69 Å². The SMILES string of the molecule is Cc1ccc(N)c(S(=O)(=O)NC2CC(C)C2)c1C. The van der Waals surface area contributed by atoms with Crippen molar-refractivity contribution >= 4 is 15.7 Å². The van der Waals surface area contributed by atoms with Crippen molar-refractivity contribution in [3.63, 3.8) is 0 Å². The maximum Gasteiger partial charge on any atom is 0.243 e. The van der Waals surface area contributed by atoms with Gasteiger partial charge in [0.1, 0.15) is 4.90 Å². The fraction of sp³-hybridized carbons (Fsp3) is 0.538. The monoisotopic (exact) mass is 268 g/mol. The molecule has 1 fully saturated rings. The number of sulfonamides is 1. The minimum absolute atomic E-state index is 0.0595. The van der Waals surface area contributed by atoms with Crippen LogP contribution in [0.5, 0.6) is 0 Å². The van der Waals surface area contributed by atoms with Crippen molar-refractivity contribution in [2.45, 2.75) is 44.6 Å². The van der Waals surface area contributed by atoms with Crippen LogP contribution in [-0.4, -0.2) is 14.5 Å². The molecule has 3 N–H and O–H groups in total. The van der Waals surface area contributed by atoms with Gasteiger partial charge in [-0.05, 0) is 49.8 Å². The van der Waals surface area contributed by atoms with Crippen LogP contribution >= 0.6 is 0 Å². The largest absolute Gasteiger partial charge is 0.398 e. The first-order valence-electron chi connectivity index (χ1n) is 6.19. The number of nitrogens with two attached hydrogens (primary N) is 1. The zero-order valence-electron chi connectivity index (χ0n) is 11.0. The van der Waals surface area contributed by atoms with Crippen LogP contribution in [0.3, 0.4) is 0 Å². The molecule has 0 radical (unpaired) electrons. The standard InChI is InChI=1S/C13H20N2O2S/c1-8-6-11(7-8)15-18(16,17)13-10(3)9(2)4-5-12(13)14/h4-5,8,11,15H,6-7,14H2,1-3H3. The van der Waals surface area contributed by atoms with Crippen molar-refractivity contribution in [1.29, 1.82) is 0 Å². The summed E-state index contributed by atoms with van der Waals surface area (Å²) in [7, 11) is -3.50. The van der Waals surface area contributed by atoms with E-state index in [0.717, 1.165) is 24.0 Å². The normalized spacial score (nSPS) is 23.7. The van der Waals surface area contributed by atoms with Gasteiger partial charge in [0.05, 0.1) is 5.69 Å². The summed E-state index contributed by atoms with van der Waals surface area (Å²) in [5.74, 6) is 0.605. The molecule has 1 saturated carbocycles. The second-order valence-electron chi connectivity index (χ2n) is 5.32. The Kier molecular flexibility index (Phi) is 3.38. The lowest BCUT2D eigenvalue weighted by atomic mass is 9.83. The summed E-state index contributed by atoms with van der Waals surface area (Å²) in [6.07, 6.45) is 1.81. The van der Waals surface area contributed by atoms with E-state index in [1.807, 2.05) is 13.0 Å². The van der Waals surface area contributed by atoms with Crippen molar-refractivity contribution < 1.29 is 8.42 Å². The Balaban J connectivity index is 2.32. The zero-order chi connectivity index (χ0) is 13.5. The molecule has 1 aromatic rings. The number of hydrogen-bond acceptors (Lipinski definition) is 3. The van der Waals surface area contributed by atoms with Crippen molar-refractivity contribution in [2.24, 2.45) is 5.92 Å². The van der Waals surface area contributed by atoms with E-state index in [-0.39, 0.29) is 10.9 Å². The van der Waals surface area contributed by atoms with E-state index < -0.39 is 10.0 Å². The van der Waals surface area contributed by atoms with Crippen molar-refractivity contribution in [3.8, 4) is 0 Å². The van der Waals surface area contributed by atoms with Gasteiger partial charge in [-0.25, -0.2) is 13.1 Å². The lowest BCUT2D eigenvalue weighted by Crippen LogP contribution is -2.43. The quantitative estimate of drug-likeness (QED) is 0.823. The highest BCUT2D eigenvalue weighted by molar-refractivity contribution is 7.89. The second-order valence-corrected chi connectivity index (χ2v) is 6.97. The highest BCUT2D eigenvalue weighted by atomic mass is 32.2. The van der Waals surface area contributed by atoms with Gasteiger partial charge in [-0.3, -0.25) is 0 Å². The summed E-state index contributed by atoms with van der Waals surface area (Å²) in [5, 5.41) is 0. The van der Waals surface area contributed by atoms with E-state index in [1.54, 1.807) is 13.0 Å². The van der Waals surface area contributed by atoms with Crippen LogP contribution < -0.4 is 10.5 Å². The predicted molar refractivity (Wildman–Crippen MR) is 72.8 cm³/mol. The Morgan fingerprint density at radius 3 is 2.44 bits per heavy atom. The Labute approximate surface area is 109 Å². The molecule has 18 heavy (non-hydrogen) atoms. The molecule has 0 atom stereocenters. The first-order valence-corrected chi connectivity index (χ1v) is 7.67. The summed E-state index contributed by atoms with van der Waals surface area (Å²) in [6.45, 7) is 5.81. The van der Waals surface area contributed by atoms with Crippen molar-refractivity contribution in [2.75, 3.05) is 5.73 Å². The van der Waals surface area contributed by atoms with E-state index in [4.69, 9.17) is 5.73 Å². The van der Waals surface area contributed by atoms with Crippen LogP contribution in [0.1, 0.15) is 30.9 Å². The third-order valence-electron chi connectivity index (χ3n) is 3.67. The second kappa shape index (κ2) is 4.55. The molecule has 0 bridgehead atoms. The summed E-state index contributed by atoms with van der Waals surface area (Å²) < 4.78 is 27.4. The molecule has 0 spiro atoms. The van der Waals surface area contributed by atoms with Gasteiger partial charge in [0.2, 0.25) is 10.0 Å². The number of nitrogens with one attached hydrogen (secondary N) is 1. The Morgan fingerprint density at radius 2 is 1.89 bits per heavy atom. The summed E-state index contributed by atoms with van der Waals surface area (Å²) >= 11 is 0. The number of nitrogen functional groups attached to an aromatic ring is 1. The molecular weight excluding hydrogens is 248 g/mol. The molecule has 100 valence electrons. The number of aryl methyl sites for hydroxylation is 1. The maximum atomic E-state index is 12.3. The maximum absolute atomic E-state index is 12.3. The van der Waals surface area contributed by atoms with Crippen LogP contribution in [0.15, 0.2) is 17.0 Å². The summed E-state index contributed by atoms with van der Waals surface area (Å²) in [5.41, 5.74) is 7.81. The first kappa shape index (κ1) is 13.4. The highest BCUT2D eigenvalue weighted by Gasteiger charge is 2.31. The van der Waals surface area contributed by atoms with Gasteiger partial charge in [-0.1, -0.05) is 13.0 Å². The van der Waals surface area contributed by atoms with Crippen LogP contribution in [0, 0.1) is 19.8 Å². The molecule has 4 nitrogen and oxygen atoms in total. The molecule has 0 heterocycles. The minimum Gasteiger partial charge on any atom is -0.398 e. The molecule has 1 aliphatic carbocycles. The Morgan fingerprint density at radius 1 is 1.28 bits per heavy atom. The van der Waals surface area contributed by atoms with Gasteiger partial charge in [0.15, 0.2) is 0 Å². The molecule has 0 aromatic heterocycles. The zero-order valence-corrected chi connectivity index (χ0v) is 11.8. The molecule has 0 saturated heterocycles. The van der Waals surface area contributed by atoms with Crippen molar-refractivity contribution in [3.05, 3.63) is 23.3 Å². The van der Waals surface area contributed by atoms with Gasteiger partial charge in [0.25, 0.3) is 0 Å². The molecule has 1 aliphatic rings. The van der Waals surface area contributed by atoms with E-state index in [0.29, 0.717) is 11.6 Å². The third kappa shape index (κ3) is 2.37. The lowest BCUT2D eigenvalue weighted by molar-refractivity contribution is 0.270. The van der Waals surface area contributed by atoms with Gasteiger partial charge >= 0.3 is 0 Å². The molecule has 2 rings (SSSR count). The smallest absolute Gasteiger partial charge is 0.243 e. The molecule has 0 amide bonds. The molecular formula is C13H20N2O2S. The van der Waals surface area contributed by atoms with Crippen molar-refractivity contribution in [1.82, 2.24) is 4.72 Å². The molecule has 0 unspecified atom stereocenters. The van der Waals surface area contributed by atoms with Crippen LogP contribution in [0.2, 0.25) is 0 Å². The number of hydrogen-bond donors (Lipinski definition) is 2. The van der Waals surface area contributed by atoms with Gasteiger partial charge < -0.3 is 5.73 Å². The van der Waals surface area contributed by atoms with E-state index in [1.165, 1.54) is 0 Å². The van der Waals surface area contributed by atoms with Gasteiger partial charge in [-0.15, -0.1) is 0 Å². The average Bonchev–Trinajstić information content (AvgIpc) is 2.21. The Bertz CT molecular complexity index is 561. The lowest BCUT2D eigenvalue weighted by Gasteiger charge is -2.33. The number of anilines is 1. The highest BCUT2D eigenvalue weighted by Crippen LogP contribution is 2.30. The van der Waals surface area contributed by atoms with Crippen LogP contribution in [0.25, 0.3) is 0 Å². The fourth-order valence-electron chi connectivity index (χ4n) is 2.44. The van der Waals surface area contributed by atoms with E-state index in [9.17, 15) is 8.42 Å². The first-order chi connectivity index (χ1) is 8.31. The third-order valence-corrected chi connectivity index (χ3v) is 5.39. The average molecular weight is 268 g/mol. The molecule has 5 heteroatoms. The van der Waals surface area contributed by atoms with E-state index in [2.05, 4.69) is 11.6 Å². The van der Waals surface area contributed by atoms with E-state index >= 15 is 0 Å². The minimum atomic E-state index is -3.50. The predicted octanol–water partition coefficient (Wildman–Crippen LogP) is 1.96. The molecule has 1 aromatic carbocycles. The fourth-order valence-corrected chi connectivity index (χ4v) is 4.14. The summed E-state index contributed by atoms with van der Waals surface area (Å²) in [4.78, 5) is 0.238. The number of benzene rings is 1. The molecule has 0 aliphatic heterocycles. The van der Waals surface area contributed by atoms with Crippen LogP contribution in [-0.2, 0) is 10.0 Å². The topological polar surface area (TPSA) is 72.2 Å². The summed E-state index contributed by atoms with van der Waals surface area (Å²) in [6, 6.07) is 3.55. The Hall–Kier alpha value is -1.07.